The minimum atomic E-state index is -0.694. The van der Waals surface area contributed by atoms with E-state index < -0.39 is 11.1 Å². The molecule has 4 heteroatoms. The molecular formula is C16H28N2O2. The van der Waals surface area contributed by atoms with E-state index in [0.717, 1.165) is 12.8 Å². The Balaban J connectivity index is 2.41. The summed E-state index contributed by atoms with van der Waals surface area (Å²) >= 11 is 0. The molecule has 2 amide bonds. The third-order valence-corrected chi connectivity index (χ3v) is 5.15. The smallest absolute Gasteiger partial charge is 0.249 e. The fourth-order valence-electron chi connectivity index (χ4n) is 3.41. The molecule has 1 saturated heterocycles. The predicted molar refractivity (Wildman–Crippen MR) is 79.1 cm³/mol. The van der Waals surface area contributed by atoms with Crippen LogP contribution in [0.2, 0.25) is 0 Å². The monoisotopic (exact) mass is 280 g/mol. The van der Waals surface area contributed by atoms with E-state index in [1.807, 2.05) is 25.7 Å². The zero-order chi connectivity index (χ0) is 15.1. The van der Waals surface area contributed by atoms with Crippen molar-refractivity contribution >= 4 is 11.8 Å². The van der Waals surface area contributed by atoms with Gasteiger partial charge in [-0.05, 0) is 44.4 Å². The number of nitrogens with zero attached hydrogens (tertiary/aromatic N) is 1. The van der Waals surface area contributed by atoms with E-state index >= 15 is 0 Å². The van der Waals surface area contributed by atoms with Gasteiger partial charge in [0.2, 0.25) is 11.8 Å². The Morgan fingerprint density at radius 2 is 1.80 bits per heavy atom. The van der Waals surface area contributed by atoms with E-state index in [4.69, 9.17) is 0 Å². The van der Waals surface area contributed by atoms with Crippen molar-refractivity contribution in [1.82, 2.24) is 10.2 Å². The van der Waals surface area contributed by atoms with Crippen LogP contribution in [0.4, 0.5) is 0 Å². The van der Waals surface area contributed by atoms with Gasteiger partial charge in [-0.3, -0.25) is 9.59 Å². The second kappa shape index (κ2) is 5.05. The number of carbonyl (C=O) groups is 2. The van der Waals surface area contributed by atoms with Crippen LogP contribution in [-0.4, -0.2) is 34.3 Å². The number of piperazine rings is 1. The molecule has 2 fully saturated rings. The topological polar surface area (TPSA) is 49.4 Å². The van der Waals surface area contributed by atoms with Crippen molar-refractivity contribution in [2.75, 3.05) is 6.54 Å². The molecule has 2 aliphatic rings. The second-order valence-corrected chi connectivity index (χ2v) is 6.97. The summed E-state index contributed by atoms with van der Waals surface area (Å²) in [6.07, 6.45) is 3.42. The van der Waals surface area contributed by atoms with Crippen LogP contribution in [0.25, 0.3) is 0 Å². The lowest BCUT2D eigenvalue weighted by Crippen LogP contribution is -2.75. The van der Waals surface area contributed by atoms with Crippen molar-refractivity contribution in [3.8, 4) is 0 Å². The number of hydrogen-bond donors (Lipinski definition) is 1. The highest BCUT2D eigenvalue weighted by Gasteiger charge is 2.60. The van der Waals surface area contributed by atoms with E-state index in [2.05, 4.69) is 19.2 Å². The molecule has 1 atom stereocenters. The van der Waals surface area contributed by atoms with Crippen LogP contribution in [0.5, 0.6) is 0 Å². The molecule has 0 aromatic carbocycles. The van der Waals surface area contributed by atoms with Crippen LogP contribution in [0.1, 0.15) is 60.3 Å². The third-order valence-electron chi connectivity index (χ3n) is 5.15. The quantitative estimate of drug-likeness (QED) is 0.840. The third kappa shape index (κ3) is 2.13. The summed E-state index contributed by atoms with van der Waals surface area (Å²) in [7, 11) is 0. The molecule has 1 unspecified atom stereocenters. The van der Waals surface area contributed by atoms with Crippen LogP contribution in [0.3, 0.4) is 0 Å². The summed E-state index contributed by atoms with van der Waals surface area (Å²) in [4.78, 5) is 27.7. The van der Waals surface area contributed by atoms with Gasteiger partial charge < -0.3 is 10.2 Å². The highest BCUT2D eigenvalue weighted by atomic mass is 16.2. The summed E-state index contributed by atoms with van der Waals surface area (Å²) in [5.74, 6) is 0.861. The van der Waals surface area contributed by atoms with Gasteiger partial charge in [0.25, 0.3) is 0 Å². The molecular weight excluding hydrogens is 252 g/mol. The van der Waals surface area contributed by atoms with Gasteiger partial charge in [0, 0.05) is 6.54 Å². The molecule has 114 valence electrons. The van der Waals surface area contributed by atoms with Crippen molar-refractivity contribution in [3.05, 3.63) is 0 Å². The number of rotatable bonds is 5. The Kier molecular flexibility index (Phi) is 3.87. The Hall–Kier alpha value is -1.06. The Labute approximate surface area is 122 Å². The highest BCUT2D eigenvalue weighted by molar-refractivity contribution is 6.02. The number of amides is 2. The van der Waals surface area contributed by atoms with E-state index in [9.17, 15) is 9.59 Å². The molecule has 0 aromatic rings. The van der Waals surface area contributed by atoms with Crippen molar-refractivity contribution in [2.24, 2.45) is 11.8 Å². The van der Waals surface area contributed by atoms with Crippen molar-refractivity contribution in [1.29, 1.82) is 0 Å². The van der Waals surface area contributed by atoms with E-state index in [0.29, 0.717) is 31.2 Å². The molecule has 0 aromatic heterocycles. The Morgan fingerprint density at radius 3 is 2.20 bits per heavy atom. The van der Waals surface area contributed by atoms with E-state index in [1.165, 1.54) is 0 Å². The molecule has 0 bridgehead atoms. The van der Waals surface area contributed by atoms with Gasteiger partial charge in [-0.15, -0.1) is 0 Å². The maximum absolute atomic E-state index is 13.0. The number of hydrogen-bond acceptors (Lipinski definition) is 2. The molecule has 20 heavy (non-hydrogen) atoms. The van der Waals surface area contributed by atoms with Crippen LogP contribution in [0.15, 0.2) is 0 Å². The maximum atomic E-state index is 13.0. The van der Waals surface area contributed by atoms with Crippen LogP contribution in [0, 0.1) is 11.8 Å². The van der Waals surface area contributed by atoms with Crippen molar-refractivity contribution in [3.63, 3.8) is 0 Å². The largest absolute Gasteiger partial charge is 0.340 e. The first-order chi connectivity index (χ1) is 9.31. The molecule has 1 aliphatic carbocycles. The van der Waals surface area contributed by atoms with Crippen LogP contribution < -0.4 is 5.32 Å². The van der Waals surface area contributed by atoms with Gasteiger partial charge in [0.15, 0.2) is 0 Å². The highest BCUT2D eigenvalue weighted by Crippen LogP contribution is 2.46. The zero-order valence-electron chi connectivity index (χ0n) is 13.5. The molecule has 4 nitrogen and oxygen atoms in total. The van der Waals surface area contributed by atoms with Crippen molar-refractivity contribution in [2.45, 2.75) is 71.4 Å². The average Bonchev–Trinajstić information content (AvgIpc) is 3.23. The molecule has 1 aliphatic heterocycles. The lowest BCUT2D eigenvalue weighted by Gasteiger charge is -2.52. The molecule has 1 heterocycles. The van der Waals surface area contributed by atoms with Gasteiger partial charge in [-0.25, -0.2) is 0 Å². The summed E-state index contributed by atoms with van der Waals surface area (Å²) < 4.78 is 0. The standard InChI is InChI=1S/C16H28N2O2/c1-6-16(7-2)14(20)18(10-11(3)4)15(5,12-8-9-12)13(19)17-16/h11-12H,6-10H2,1-5H3,(H,17,19). The molecule has 1 N–H and O–H groups in total. The van der Waals surface area contributed by atoms with Gasteiger partial charge in [0.1, 0.15) is 11.1 Å². The van der Waals surface area contributed by atoms with Crippen molar-refractivity contribution < 1.29 is 9.59 Å². The minimum Gasteiger partial charge on any atom is -0.340 e. The Morgan fingerprint density at radius 1 is 1.25 bits per heavy atom. The second-order valence-electron chi connectivity index (χ2n) is 6.97. The first-order valence-electron chi connectivity index (χ1n) is 7.96. The summed E-state index contributed by atoms with van der Waals surface area (Å²) in [5.41, 5.74) is -1.34. The van der Waals surface area contributed by atoms with Gasteiger partial charge in [0.05, 0.1) is 0 Å². The first-order valence-corrected chi connectivity index (χ1v) is 7.96. The fraction of sp³-hybridized carbons (Fsp3) is 0.875. The summed E-state index contributed by atoms with van der Waals surface area (Å²) in [5, 5.41) is 3.06. The van der Waals surface area contributed by atoms with Crippen LogP contribution in [-0.2, 0) is 9.59 Å². The summed E-state index contributed by atoms with van der Waals surface area (Å²) in [6.45, 7) is 10.8. The fourth-order valence-corrected chi connectivity index (χ4v) is 3.41. The molecule has 0 spiro atoms. The maximum Gasteiger partial charge on any atom is 0.249 e. The Bertz CT molecular complexity index is 411. The van der Waals surface area contributed by atoms with Gasteiger partial charge in [-0.2, -0.15) is 0 Å². The predicted octanol–water partition coefficient (Wildman–Crippen LogP) is 2.33. The minimum absolute atomic E-state index is 0.0453. The van der Waals surface area contributed by atoms with Gasteiger partial charge in [-0.1, -0.05) is 27.7 Å². The zero-order valence-corrected chi connectivity index (χ0v) is 13.5. The lowest BCUT2D eigenvalue weighted by atomic mass is 9.80. The molecule has 1 saturated carbocycles. The van der Waals surface area contributed by atoms with E-state index in [-0.39, 0.29) is 11.8 Å². The number of nitrogens with one attached hydrogen (secondary N) is 1. The van der Waals surface area contributed by atoms with E-state index in [1.54, 1.807) is 0 Å². The first kappa shape index (κ1) is 15.3. The number of carbonyl (C=O) groups excluding carboxylic acids is 2. The lowest BCUT2D eigenvalue weighted by molar-refractivity contribution is -0.165. The normalized spacial score (nSPS) is 29.8. The van der Waals surface area contributed by atoms with Gasteiger partial charge >= 0.3 is 0 Å². The average molecular weight is 280 g/mol. The van der Waals surface area contributed by atoms with Crippen LogP contribution >= 0.6 is 0 Å². The summed E-state index contributed by atoms with van der Waals surface area (Å²) in [6, 6.07) is 0. The SMILES string of the molecule is CCC1(CC)NC(=O)C(C)(C2CC2)N(CC(C)C)C1=O. The molecule has 0 radical (unpaired) electrons. The molecule has 2 rings (SSSR count).